The maximum absolute atomic E-state index is 10.1. The van der Waals surface area contributed by atoms with Crippen LogP contribution in [0.4, 0.5) is 5.82 Å². The van der Waals surface area contributed by atoms with E-state index in [1.165, 1.54) is 0 Å². The smallest absolute Gasteiger partial charge is 0.167 e. The Labute approximate surface area is 113 Å². The number of hydrogen-bond acceptors (Lipinski definition) is 5. The molecule has 19 heavy (non-hydrogen) atoms. The quantitative estimate of drug-likeness (QED) is 0.795. The van der Waals surface area contributed by atoms with Gasteiger partial charge in [0, 0.05) is 0 Å². The van der Waals surface area contributed by atoms with Crippen LogP contribution in [-0.2, 0) is 0 Å². The second kappa shape index (κ2) is 5.98. The molecule has 0 amide bonds. The highest BCUT2D eigenvalue weighted by Crippen LogP contribution is 2.23. The third kappa shape index (κ3) is 3.02. The number of anilines is 1. The number of rotatable bonds is 2. The Kier molecular flexibility index (Phi) is 4.33. The summed E-state index contributed by atoms with van der Waals surface area (Å²) in [5.41, 5.74) is 2.15. The second-order valence-electron chi connectivity index (χ2n) is 5.20. The fraction of sp³-hybridized carbons (Fsp3) is 0.643. The summed E-state index contributed by atoms with van der Waals surface area (Å²) >= 11 is 0. The minimum absolute atomic E-state index is 0.0361. The molecule has 0 radical (unpaired) electrons. The molecule has 1 saturated carbocycles. The van der Waals surface area contributed by atoms with Gasteiger partial charge in [0.25, 0.3) is 0 Å². The number of aromatic nitrogens is 2. The fourth-order valence-corrected chi connectivity index (χ4v) is 2.48. The predicted octanol–water partition coefficient (Wildman–Crippen LogP) is 2.07. The topological polar surface area (TPSA) is 81.8 Å². The maximum Gasteiger partial charge on any atom is 0.167 e. The molecule has 2 rings (SSSR count). The van der Waals surface area contributed by atoms with Crippen LogP contribution in [0, 0.1) is 25.2 Å². The lowest BCUT2D eigenvalue weighted by Crippen LogP contribution is -2.33. The van der Waals surface area contributed by atoms with E-state index in [1.54, 1.807) is 0 Å². The highest BCUT2D eigenvalue weighted by atomic mass is 16.3. The molecule has 102 valence electrons. The predicted molar refractivity (Wildman–Crippen MR) is 72.7 cm³/mol. The number of nitrogens with zero attached hydrogens (tertiary/aromatic N) is 3. The molecular formula is C14H20N4O. The van der Waals surface area contributed by atoms with Crippen LogP contribution in [0.15, 0.2) is 0 Å². The van der Waals surface area contributed by atoms with Crippen LogP contribution in [0.1, 0.15) is 48.9 Å². The monoisotopic (exact) mass is 260 g/mol. The average molecular weight is 260 g/mol. The normalized spacial score (nSPS) is 23.5. The SMILES string of the molecule is Cc1nnc(NC2CCCCCC2O)c(C#N)c1C. The van der Waals surface area contributed by atoms with Crippen LogP contribution in [-0.4, -0.2) is 27.4 Å². The molecule has 0 spiro atoms. The van der Waals surface area contributed by atoms with Crippen molar-refractivity contribution in [2.45, 2.75) is 58.1 Å². The number of nitrogens with one attached hydrogen (secondary N) is 1. The molecule has 1 fully saturated rings. The van der Waals surface area contributed by atoms with Gasteiger partial charge in [-0.25, -0.2) is 0 Å². The van der Waals surface area contributed by atoms with Crippen molar-refractivity contribution in [3.05, 3.63) is 16.8 Å². The summed E-state index contributed by atoms with van der Waals surface area (Å²) in [6.45, 7) is 3.71. The zero-order valence-electron chi connectivity index (χ0n) is 11.5. The Morgan fingerprint density at radius 1 is 1.21 bits per heavy atom. The van der Waals surface area contributed by atoms with E-state index >= 15 is 0 Å². The van der Waals surface area contributed by atoms with E-state index in [2.05, 4.69) is 21.6 Å². The zero-order chi connectivity index (χ0) is 13.8. The summed E-state index contributed by atoms with van der Waals surface area (Å²) in [5, 5.41) is 30.7. The number of aliphatic hydroxyl groups is 1. The number of nitriles is 1. The van der Waals surface area contributed by atoms with Gasteiger partial charge in [0.1, 0.15) is 11.6 Å². The largest absolute Gasteiger partial charge is 0.391 e. The van der Waals surface area contributed by atoms with Crippen LogP contribution >= 0.6 is 0 Å². The van der Waals surface area contributed by atoms with Gasteiger partial charge in [0.05, 0.1) is 17.8 Å². The standard InChI is InChI=1S/C14H20N4O/c1-9-10(2)17-18-14(11(9)8-15)16-12-6-4-3-5-7-13(12)19/h12-13,19H,3-7H2,1-2H3,(H,16,18). The Hall–Kier alpha value is -1.67. The molecule has 2 atom stereocenters. The van der Waals surface area contributed by atoms with Crippen molar-refractivity contribution in [1.29, 1.82) is 5.26 Å². The van der Waals surface area contributed by atoms with Crippen molar-refractivity contribution in [2.24, 2.45) is 0 Å². The van der Waals surface area contributed by atoms with E-state index in [9.17, 15) is 10.4 Å². The van der Waals surface area contributed by atoms with E-state index in [1.807, 2.05) is 13.8 Å². The van der Waals surface area contributed by atoms with Crippen LogP contribution in [0.5, 0.6) is 0 Å². The summed E-state index contributed by atoms with van der Waals surface area (Å²) in [6.07, 6.45) is 4.63. The summed E-state index contributed by atoms with van der Waals surface area (Å²) in [5.74, 6) is 0.497. The lowest BCUT2D eigenvalue weighted by molar-refractivity contribution is 0.144. The minimum Gasteiger partial charge on any atom is -0.391 e. The second-order valence-corrected chi connectivity index (χ2v) is 5.20. The van der Waals surface area contributed by atoms with Crippen LogP contribution in [0.2, 0.25) is 0 Å². The van der Waals surface area contributed by atoms with Gasteiger partial charge in [-0.2, -0.15) is 10.4 Å². The highest BCUT2D eigenvalue weighted by molar-refractivity contribution is 5.56. The Morgan fingerprint density at radius 2 is 1.95 bits per heavy atom. The molecule has 1 aliphatic carbocycles. The van der Waals surface area contributed by atoms with Crippen molar-refractivity contribution < 1.29 is 5.11 Å². The van der Waals surface area contributed by atoms with Crippen molar-refractivity contribution in [3.63, 3.8) is 0 Å². The molecule has 0 aliphatic heterocycles. The third-order valence-corrected chi connectivity index (χ3v) is 3.87. The lowest BCUT2D eigenvalue weighted by Gasteiger charge is -2.22. The van der Waals surface area contributed by atoms with Crippen LogP contribution < -0.4 is 5.32 Å². The van der Waals surface area contributed by atoms with E-state index in [0.29, 0.717) is 11.4 Å². The highest BCUT2D eigenvalue weighted by Gasteiger charge is 2.23. The summed E-state index contributed by atoms with van der Waals surface area (Å²) in [7, 11) is 0. The fourth-order valence-electron chi connectivity index (χ4n) is 2.48. The maximum atomic E-state index is 10.1. The number of aliphatic hydroxyl groups excluding tert-OH is 1. The number of hydrogen-bond donors (Lipinski definition) is 2. The van der Waals surface area contributed by atoms with E-state index < -0.39 is 0 Å². The van der Waals surface area contributed by atoms with Gasteiger partial charge < -0.3 is 10.4 Å². The average Bonchev–Trinajstić information content (AvgIpc) is 2.60. The Morgan fingerprint density at radius 3 is 2.68 bits per heavy atom. The van der Waals surface area contributed by atoms with Crippen molar-refractivity contribution in [1.82, 2.24) is 10.2 Å². The number of aryl methyl sites for hydroxylation is 1. The van der Waals surface area contributed by atoms with Crippen LogP contribution in [0.3, 0.4) is 0 Å². The lowest BCUT2D eigenvalue weighted by atomic mass is 10.0. The molecule has 5 nitrogen and oxygen atoms in total. The first-order valence-corrected chi connectivity index (χ1v) is 6.82. The van der Waals surface area contributed by atoms with Crippen molar-refractivity contribution in [3.8, 4) is 6.07 Å². The molecule has 1 aromatic heterocycles. The third-order valence-electron chi connectivity index (χ3n) is 3.87. The summed E-state index contributed by atoms with van der Waals surface area (Å²) in [6, 6.07) is 2.14. The summed E-state index contributed by atoms with van der Waals surface area (Å²) in [4.78, 5) is 0. The first-order valence-electron chi connectivity index (χ1n) is 6.82. The van der Waals surface area contributed by atoms with Crippen molar-refractivity contribution in [2.75, 3.05) is 5.32 Å². The van der Waals surface area contributed by atoms with Gasteiger partial charge in [-0.15, -0.1) is 5.10 Å². The zero-order valence-corrected chi connectivity index (χ0v) is 11.5. The molecule has 2 unspecified atom stereocenters. The molecule has 5 heteroatoms. The minimum atomic E-state index is -0.377. The molecule has 1 aliphatic rings. The summed E-state index contributed by atoms with van der Waals surface area (Å²) < 4.78 is 0. The molecule has 0 saturated heterocycles. The van der Waals surface area contributed by atoms with Gasteiger partial charge in [0.2, 0.25) is 0 Å². The van der Waals surface area contributed by atoms with Gasteiger partial charge in [-0.3, -0.25) is 0 Å². The van der Waals surface area contributed by atoms with Crippen LogP contribution in [0.25, 0.3) is 0 Å². The molecule has 2 N–H and O–H groups in total. The van der Waals surface area contributed by atoms with Gasteiger partial charge in [0.15, 0.2) is 5.82 Å². The van der Waals surface area contributed by atoms with E-state index in [4.69, 9.17) is 0 Å². The Bertz CT molecular complexity index is 495. The van der Waals surface area contributed by atoms with Gasteiger partial charge >= 0.3 is 0 Å². The molecular weight excluding hydrogens is 240 g/mol. The molecule has 0 aromatic carbocycles. The van der Waals surface area contributed by atoms with Gasteiger partial charge in [-0.1, -0.05) is 19.3 Å². The van der Waals surface area contributed by atoms with E-state index in [-0.39, 0.29) is 12.1 Å². The molecule has 1 aromatic rings. The van der Waals surface area contributed by atoms with Gasteiger partial charge in [-0.05, 0) is 32.3 Å². The van der Waals surface area contributed by atoms with E-state index in [0.717, 1.165) is 43.4 Å². The molecule has 1 heterocycles. The Balaban J connectivity index is 2.23. The first kappa shape index (κ1) is 13.8. The van der Waals surface area contributed by atoms with Crippen molar-refractivity contribution >= 4 is 5.82 Å². The molecule has 0 bridgehead atoms. The first-order chi connectivity index (χ1) is 9.13.